The molecule has 0 saturated carbocycles. The van der Waals surface area contributed by atoms with Crippen LogP contribution in [0.4, 0.5) is 0 Å². The lowest BCUT2D eigenvalue weighted by molar-refractivity contribution is -0.121. The van der Waals surface area contributed by atoms with Gasteiger partial charge < -0.3 is 11.1 Å². The van der Waals surface area contributed by atoms with Crippen molar-refractivity contribution < 1.29 is 13.2 Å². The predicted molar refractivity (Wildman–Crippen MR) is 82.3 cm³/mol. The van der Waals surface area contributed by atoms with Crippen LogP contribution in [0.15, 0.2) is 29.2 Å². The molecule has 118 valence electrons. The maximum absolute atomic E-state index is 12.5. The number of nitrogens with two attached hydrogens (primary N) is 1. The van der Waals surface area contributed by atoms with Crippen LogP contribution in [0, 0.1) is 0 Å². The molecule has 6 nitrogen and oxygen atoms in total. The maximum Gasteiger partial charge on any atom is 0.243 e. The fourth-order valence-electron chi connectivity index (χ4n) is 1.92. The number of hydrogen-bond acceptors (Lipinski definition) is 4. The van der Waals surface area contributed by atoms with Crippen LogP contribution in [0.1, 0.15) is 19.4 Å². The average molecular weight is 313 g/mol. The van der Waals surface area contributed by atoms with E-state index >= 15 is 0 Å². The third kappa shape index (κ3) is 4.80. The molecule has 0 saturated heterocycles. The molecular weight excluding hydrogens is 290 g/mol. The SMILES string of the molecule is CCNC(=O)CN(CC)S(=O)(=O)c1ccc(CCN)cc1. The second-order valence-corrected chi connectivity index (χ2v) is 6.51. The van der Waals surface area contributed by atoms with Gasteiger partial charge in [-0.05, 0) is 37.6 Å². The molecule has 0 bridgehead atoms. The van der Waals surface area contributed by atoms with E-state index in [2.05, 4.69) is 5.32 Å². The maximum atomic E-state index is 12.5. The van der Waals surface area contributed by atoms with Gasteiger partial charge in [0.05, 0.1) is 11.4 Å². The number of rotatable bonds is 8. The van der Waals surface area contributed by atoms with Crippen LogP contribution in [0.25, 0.3) is 0 Å². The largest absolute Gasteiger partial charge is 0.355 e. The molecule has 3 N–H and O–H groups in total. The molecule has 0 fully saturated rings. The van der Waals surface area contributed by atoms with Crippen molar-refractivity contribution in [2.75, 3.05) is 26.2 Å². The van der Waals surface area contributed by atoms with E-state index in [1.54, 1.807) is 38.1 Å². The van der Waals surface area contributed by atoms with Gasteiger partial charge in [-0.25, -0.2) is 8.42 Å². The Bertz CT molecular complexity index is 555. The molecule has 0 aliphatic carbocycles. The Hall–Kier alpha value is -1.44. The molecule has 1 aromatic rings. The van der Waals surface area contributed by atoms with E-state index < -0.39 is 10.0 Å². The summed E-state index contributed by atoms with van der Waals surface area (Å²) < 4.78 is 26.1. The topological polar surface area (TPSA) is 92.5 Å². The summed E-state index contributed by atoms with van der Waals surface area (Å²) in [7, 11) is -3.65. The number of benzene rings is 1. The summed E-state index contributed by atoms with van der Waals surface area (Å²) in [6.07, 6.45) is 0.705. The highest BCUT2D eigenvalue weighted by molar-refractivity contribution is 7.89. The van der Waals surface area contributed by atoms with E-state index in [1.807, 2.05) is 0 Å². The molecule has 0 atom stereocenters. The van der Waals surface area contributed by atoms with Gasteiger partial charge in [0.15, 0.2) is 0 Å². The first-order valence-corrected chi connectivity index (χ1v) is 8.45. The lowest BCUT2D eigenvalue weighted by Gasteiger charge is -2.20. The molecule has 1 rings (SSSR count). The third-order valence-corrected chi connectivity index (χ3v) is 4.98. The van der Waals surface area contributed by atoms with Crippen molar-refractivity contribution in [2.45, 2.75) is 25.2 Å². The Kier molecular flexibility index (Phi) is 6.80. The monoisotopic (exact) mass is 313 g/mol. The number of nitrogens with zero attached hydrogens (tertiary/aromatic N) is 1. The number of carbonyl (C=O) groups excluding carboxylic acids is 1. The fraction of sp³-hybridized carbons (Fsp3) is 0.500. The molecule has 0 spiro atoms. The van der Waals surface area contributed by atoms with Crippen molar-refractivity contribution in [1.82, 2.24) is 9.62 Å². The van der Waals surface area contributed by atoms with Gasteiger partial charge in [0.25, 0.3) is 0 Å². The minimum atomic E-state index is -3.65. The molecule has 1 amide bonds. The second kappa shape index (κ2) is 8.11. The molecular formula is C14H23N3O3S. The fourth-order valence-corrected chi connectivity index (χ4v) is 3.33. The zero-order valence-corrected chi connectivity index (χ0v) is 13.3. The van der Waals surface area contributed by atoms with Crippen molar-refractivity contribution in [3.05, 3.63) is 29.8 Å². The van der Waals surface area contributed by atoms with E-state index in [4.69, 9.17) is 5.73 Å². The molecule has 0 aromatic heterocycles. The molecule has 0 unspecified atom stereocenters. The number of carbonyl (C=O) groups is 1. The standard InChI is InChI=1S/C14H23N3O3S/c1-3-16-14(18)11-17(4-2)21(19,20)13-7-5-12(6-8-13)9-10-15/h5-8H,3-4,9-11,15H2,1-2H3,(H,16,18). The van der Waals surface area contributed by atoms with Gasteiger partial charge >= 0.3 is 0 Å². The smallest absolute Gasteiger partial charge is 0.243 e. The van der Waals surface area contributed by atoms with Crippen LogP contribution in [-0.4, -0.2) is 44.8 Å². The van der Waals surface area contributed by atoms with E-state index in [0.717, 1.165) is 9.87 Å². The van der Waals surface area contributed by atoms with Crippen LogP contribution >= 0.6 is 0 Å². The van der Waals surface area contributed by atoms with Crippen molar-refractivity contribution in [2.24, 2.45) is 5.73 Å². The van der Waals surface area contributed by atoms with Crippen LogP contribution in [-0.2, 0) is 21.2 Å². The second-order valence-electron chi connectivity index (χ2n) is 4.57. The number of amides is 1. The summed E-state index contributed by atoms with van der Waals surface area (Å²) in [6.45, 7) is 4.56. The first-order chi connectivity index (χ1) is 9.95. The molecule has 7 heteroatoms. The number of nitrogens with one attached hydrogen (secondary N) is 1. The minimum Gasteiger partial charge on any atom is -0.355 e. The zero-order valence-electron chi connectivity index (χ0n) is 12.5. The minimum absolute atomic E-state index is 0.169. The zero-order chi connectivity index (χ0) is 15.9. The molecule has 1 aromatic carbocycles. The van der Waals surface area contributed by atoms with Crippen molar-refractivity contribution in [3.63, 3.8) is 0 Å². The highest BCUT2D eigenvalue weighted by atomic mass is 32.2. The van der Waals surface area contributed by atoms with Crippen molar-refractivity contribution in [3.8, 4) is 0 Å². The number of hydrogen-bond donors (Lipinski definition) is 2. The first-order valence-electron chi connectivity index (χ1n) is 7.01. The summed E-state index contributed by atoms with van der Waals surface area (Å²) in [4.78, 5) is 11.8. The lowest BCUT2D eigenvalue weighted by atomic mass is 10.2. The average Bonchev–Trinajstić information content (AvgIpc) is 2.46. The highest BCUT2D eigenvalue weighted by Gasteiger charge is 2.24. The lowest BCUT2D eigenvalue weighted by Crippen LogP contribution is -2.40. The Labute approximate surface area is 126 Å². The number of sulfonamides is 1. The third-order valence-electron chi connectivity index (χ3n) is 3.04. The van der Waals surface area contributed by atoms with Crippen LogP contribution in [0.2, 0.25) is 0 Å². The van der Waals surface area contributed by atoms with Gasteiger partial charge in [-0.3, -0.25) is 4.79 Å². The summed E-state index contributed by atoms with van der Waals surface area (Å²) in [5, 5.41) is 2.60. The Morgan fingerprint density at radius 1 is 1.24 bits per heavy atom. The summed E-state index contributed by atoms with van der Waals surface area (Å²) in [6, 6.07) is 6.61. The molecule has 0 aliphatic heterocycles. The number of likely N-dealkylation sites (N-methyl/N-ethyl adjacent to an activating group) is 2. The molecule has 21 heavy (non-hydrogen) atoms. The van der Waals surface area contributed by atoms with Crippen LogP contribution < -0.4 is 11.1 Å². The van der Waals surface area contributed by atoms with Gasteiger partial charge in [-0.1, -0.05) is 19.1 Å². The van der Waals surface area contributed by atoms with Crippen LogP contribution in [0.5, 0.6) is 0 Å². The van der Waals surface area contributed by atoms with Gasteiger partial charge in [0.1, 0.15) is 0 Å². The first kappa shape index (κ1) is 17.6. The Balaban J connectivity index is 2.93. The van der Waals surface area contributed by atoms with Gasteiger partial charge in [0, 0.05) is 13.1 Å². The Morgan fingerprint density at radius 3 is 2.33 bits per heavy atom. The quantitative estimate of drug-likeness (QED) is 0.723. The molecule has 0 radical (unpaired) electrons. The van der Waals surface area contributed by atoms with Crippen LogP contribution in [0.3, 0.4) is 0 Å². The van der Waals surface area contributed by atoms with Gasteiger partial charge in [-0.15, -0.1) is 0 Å². The van der Waals surface area contributed by atoms with E-state index in [-0.39, 0.29) is 23.9 Å². The summed E-state index contributed by atoms with van der Waals surface area (Å²) in [5.74, 6) is -0.303. The van der Waals surface area contributed by atoms with E-state index in [9.17, 15) is 13.2 Å². The molecule has 0 heterocycles. The van der Waals surface area contributed by atoms with E-state index in [1.165, 1.54) is 0 Å². The van der Waals surface area contributed by atoms with Gasteiger partial charge in [-0.2, -0.15) is 4.31 Å². The van der Waals surface area contributed by atoms with Gasteiger partial charge in [0.2, 0.25) is 15.9 Å². The molecule has 0 aliphatic rings. The Morgan fingerprint density at radius 2 is 1.86 bits per heavy atom. The van der Waals surface area contributed by atoms with E-state index in [0.29, 0.717) is 19.5 Å². The normalized spacial score (nSPS) is 11.6. The summed E-state index contributed by atoms with van der Waals surface area (Å²) >= 11 is 0. The van der Waals surface area contributed by atoms with Crippen molar-refractivity contribution >= 4 is 15.9 Å². The van der Waals surface area contributed by atoms with Crippen molar-refractivity contribution in [1.29, 1.82) is 0 Å². The predicted octanol–water partition coefficient (Wildman–Crippen LogP) is 0.335. The summed E-state index contributed by atoms with van der Waals surface area (Å²) in [5.41, 5.74) is 6.46. The highest BCUT2D eigenvalue weighted by Crippen LogP contribution is 2.16.